The van der Waals surface area contributed by atoms with E-state index in [1.165, 1.54) is 45.6 Å². The molecule has 2 aliphatic rings. The van der Waals surface area contributed by atoms with E-state index in [0.717, 1.165) is 25.7 Å². The van der Waals surface area contributed by atoms with Gasteiger partial charge in [0.1, 0.15) is 11.3 Å². The van der Waals surface area contributed by atoms with Crippen LogP contribution in [0.5, 0.6) is 5.75 Å². The van der Waals surface area contributed by atoms with Gasteiger partial charge in [-0.3, -0.25) is 0 Å². The van der Waals surface area contributed by atoms with Gasteiger partial charge in [-0.2, -0.15) is 0 Å². The molecule has 0 unspecified atom stereocenters. The molecular formula is C21H29ClN2O3. The summed E-state index contributed by atoms with van der Waals surface area (Å²) in [6, 6.07) is 5.81. The first kappa shape index (κ1) is 20.0. The summed E-state index contributed by atoms with van der Waals surface area (Å²) in [5.41, 5.74) is 0.351. The Morgan fingerprint density at radius 1 is 1.07 bits per heavy atom. The van der Waals surface area contributed by atoms with Crippen molar-refractivity contribution in [2.24, 2.45) is 4.99 Å². The monoisotopic (exact) mass is 392 g/mol. The summed E-state index contributed by atoms with van der Waals surface area (Å²) in [5, 5.41) is 3.91. The first-order valence-corrected chi connectivity index (χ1v) is 10.4. The number of nitrogens with one attached hydrogen (secondary N) is 1. The lowest BCUT2D eigenvalue weighted by Gasteiger charge is -2.25. The molecule has 5 nitrogen and oxygen atoms in total. The van der Waals surface area contributed by atoms with Crippen LogP contribution in [0, 0.1) is 0 Å². The van der Waals surface area contributed by atoms with Gasteiger partial charge in [0, 0.05) is 11.1 Å². The van der Waals surface area contributed by atoms with E-state index < -0.39 is 5.97 Å². The van der Waals surface area contributed by atoms with E-state index in [4.69, 9.17) is 26.1 Å². The van der Waals surface area contributed by atoms with Gasteiger partial charge in [0.25, 0.3) is 6.02 Å². The molecular weight excluding hydrogens is 364 g/mol. The van der Waals surface area contributed by atoms with Crippen molar-refractivity contribution in [1.29, 1.82) is 0 Å². The normalized spacial score (nSPS) is 19.6. The molecule has 2 aliphatic carbocycles. The standard InChI is InChI=1S/C21H29ClN2O3/c1-26-19-14-15(22)12-13-18(19)20(25)27-21(23-16-8-4-2-5-9-16)24-17-10-6-3-7-11-17/h12-14,16-17H,2-11H2,1H3,(H,23,24). The van der Waals surface area contributed by atoms with Crippen LogP contribution in [0.4, 0.5) is 0 Å². The third-order valence-corrected chi connectivity index (χ3v) is 5.62. The molecule has 0 amide bonds. The molecule has 0 bridgehead atoms. The zero-order valence-electron chi connectivity index (χ0n) is 16.0. The minimum absolute atomic E-state index is 0.227. The molecule has 148 valence electrons. The molecule has 1 aromatic rings. The third-order valence-electron chi connectivity index (χ3n) is 5.38. The number of amidine groups is 1. The van der Waals surface area contributed by atoms with Gasteiger partial charge in [-0.1, -0.05) is 50.1 Å². The number of methoxy groups -OCH3 is 1. The van der Waals surface area contributed by atoms with Crippen molar-refractivity contribution in [3.05, 3.63) is 28.8 Å². The van der Waals surface area contributed by atoms with Crippen LogP contribution in [0.15, 0.2) is 23.2 Å². The number of carbonyl (C=O) groups is 1. The Labute approximate surface area is 166 Å². The Hall–Kier alpha value is -1.75. The summed E-state index contributed by atoms with van der Waals surface area (Å²) in [5.74, 6) is -0.0661. The number of ether oxygens (including phenoxy) is 2. The van der Waals surface area contributed by atoms with E-state index in [9.17, 15) is 4.79 Å². The maximum absolute atomic E-state index is 12.8. The smallest absolute Gasteiger partial charge is 0.349 e. The molecule has 6 heteroatoms. The van der Waals surface area contributed by atoms with Crippen molar-refractivity contribution in [1.82, 2.24) is 5.32 Å². The molecule has 0 heterocycles. The first-order chi connectivity index (χ1) is 13.2. The molecule has 0 atom stereocenters. The fourth-order valence-electron chi connectivity index (χ4n) is 3.87. The largest absolute Gasteiger partial charge is 0.496 e. The fourth-order valence-corrected chi connectivity index (χ4v) is 4.03. The number of rotatable bonds is 4. The van der Waals surface area contributed by atoms with Crippen LogP contribution in [0.1, 0.15) is 74.6 Å². The van der Waals surface area contributed by atoms with Crippen LogP contribution in [0.2, 0.25) is 5.02 Å². The molecule has 0 radical (unpaired) electrons. The van der Waals surface area contributed by atoms with Gasteiger partial charge in [0.15, 0.2) is 0 Å². The second kappa shape index (κ2) is 9.98. The van der Waals surface area contributed by atoms with E-state index in [0.29, 0.717) is 28.4 Å². The zero-order valence-corrected chi connectivity index (χ0v) is 16.8. The number of halogens is 1. The highest BCUT2D eigenvalue weighted by Gasteiger charge is 2.22. The lowest BCUT2D eigenvalue weighted by atomic mass is 9.95. The highest BCUT2D eigenvalue weighted by atomic mass is 35.5. The molecule has 0 saturated heterocycles. The Balaban J connectivity index is 1.75. The molecule has 0 spiro atoms. The van der Waals surface area contributed by atoms with Crippen molar-refractivity contribution < 1.29 is 14.3 Å². The SMILES string of the molecule is COc1cc(Cl)ccc1C(=O)OC(=NC1CCCCC1)NC1CCCCC1. The predicted molar refractivity (Wildman–Crippen MR) is 108 cm³/mol. The average Bonchev–Trinajstić information content (AvgIpc) is 2.69. The number of benzene rings is 1. The van der Waals surface area contributed by atoms with Crippen LogP contribution in [-0.2, 0) is 4.74 Å². The third kappa shape index (κ3) is 5.86. The van der Waals surface area contributed by atoms with Gasteiger partial charge in [0.2, 0.25) is 0 Å². The minimum atomic E-state index is -0.471. The lowest BCUT2D eigenvalue weighted by Crippen LogP contribution is -2.39. The quantitative estimate of drug-likeness (QED) is 0.439. The van der Waals surface area contributed by atoms with Crippen molar-refractivity contribution in [2.45, 2.75) is 76.3 Å². The van der Waals surface area contributed by atoms with Crippen LogP contribution >= 0.6 is 11.6 Å². The zero-order chi connectivity index (χ0) is 19.1. The van der Waals surface area contributed by atoms with Crippen LogP contribution < -0.4 is 10.1 Å². The predicted octanol–water partition coefficient (Wildman–Crippen LogP) is 5.12. The molecule has 27 heavy (non-hydrogen) atoms. The van der Waals surface area contributed by atoms with Gasteiger partial charge in [-0.25, -0.2) is 9.79 Å². The van der Waals surface area contributed by atoms with Crippen molar-refractivity contribution in [3.8, 4) is 5.75 Å². The number of nitrogens with zero attached hydrogens (tertiary/aromatic N) is 1. The Morgan fingerprint density at radius 2 is 1.74 bits per heavy atom. The van der Waals surface area contributed by atoms with E-state index in [-0.39, 0.29) is 6.04 Å². The number of esters is 1. The average molecular weight is 393 g/mol. The summed E-state index contributed by atoms with van der Waals surface area (Å²) >= 11 is 6.00. The summed E-state index contributed by atoms with van der Waals surface area (Å²) in [6.07, 6.45) is 11.6. The number of hydrogen-bond acceptors (Lipinski definition) is 4. The van der Waals surface area contributed by atoms with Gasteiger partial charge in [-0.15, -0.1) is 0 Å². The molecule has 0 aromatic heterocycles. The van der Waals surface area contributed by atoms with Crippen molar-refractivity contribution >= 4 is 23.6 Å². The second-order valence-corrected chi connectivity index (χ2v) is 7.88. The Morgan fingerprint density at radius 3 is 2.41 bits per heavy atom. The summed E-state index contributed by atoms with van der Waals surface area (Å²) in [4.78, 5) is 17.5. The lowest BCUT2D eigenvalue weighted by molar-refractivity contribution is 0.0700. The summed E-state index contributed by atoms with van der Waals surface area (Å²) < 4.78 is 11.0. The molecule has 3 rings (SSSR count). The maximum atomic E-state index is 12.8. The summed E-state index contributed by atoms with van der Waals surface area (Å²) in [6.45, 7) is 0. The molecule has 0 aliphatic heterocycles. The van der Waals surface area contributed by atoms with Crippen LogP contribution in [-0.4, -0.2) is 31.2 Å². The van der Waals surface area contributed by atoms with Crippen LogP contribution in [0.25, 0.3) is 0 Å². The molecule has 2 saturated carbocycles. The first-order valence-electron chi connectivity index (χ1n) is 10.1. The second-order valence-electron chi connectivity index (χ2n) is 7.44. The van der Waals surface area contributed by atoms with E-state index >= 15 is 0 Å². The summed E-state index contributed by atoms with van der Waals surface area (Å²) in [7, 11) is 1.51. The van der Waals surface area contributed by atoms with Crippen molar-refractivity contribution in [2.75, 3.05) is 7.11 Å². The number of carbonyl (C=O) groups excluding carboxylic acids is 1. The topological polar surface area (TPSA) is 59.9 Å². The van der Waals surface area contributed by atoms with Gasteiger partial charge in [0.05, 0.1) is 13.2 Å². The van der Waals surface area contributed by atoms with Gasteiger partial charge < -0.3 is 14.8 Å². The fraction of sp³-hybridized carbons (Fsp3) is 0.619. The minimum Gasteiger partial charge on any atom is -0.496 e. The van der Waals surface area contributed by atoms with Crippen LogP contribution in [0.3, 0.4) is 0 Å². The number of hydrogen-bond donors (Lipinski definition) is 1. The number of aliphatic imine (C=N–C) groups is 1. The van der Waals surface area contributed by atoms with Gasteiger partial charge >= 0.3 is 5.97 Å². The Bertz CT molecular complexity index is 665. The molecule has 2 fully saturated rings. The van der Waals surface area contributed by atoms with Gasteiger partial charge in [-0.05, 0) is 43.9 Å². The molecule has 1 aromatic carbocycles. The van der Waals surface area contributed by atoms with Crippen molar-refractivity contribution in [3.63, 3.8) is 0 Å². The highest BCUT2D eigenvalue weighted by molar-refractivity contribution is 6.30. The molecule has 1 N–H and O–H groups in total. The maximum Gasteiger partial charge on any atom is 0.349 e. The Kier molecular flexibility index (Phi) is 7.39. The van der Waals surface area contributed by atoms with E-state index in [1.807, 2.05) is 0 Å². The van der Waals surface area contributed by atoms with E-state index in [1.54, 1.807) is 18.2 Å². The van der Waals surface area contributed by atoms with E-state index in [2.05, 4.69) is 5.32 Å². The highest BCUT2D eigenvalue weighted by Crippen LogP contribution is 2.25.